The lowest BCUT2D eigenvalue weighted by Gasteiger charge is -2.41. The second-order valence-electron chi connectivity index (χ2n) is 7.21. The fourth-order valence-corrected chi connectivity index (χ4v) is 5.11. The summed E-state index contributed by atoms with van der Waals surface area (Å²) < 4.78 is 0. The highest BCUT2D eigenvalue weighted by molar-refractivity contribution is 7.18. The van der Waals surface area contributed by atoms with Crippen LogP contribution >= 0.6 is 11.3 Å². The van der Waals surface area contributed by atoms with Crippen molar-refractivity contribution in [3.63, 3.8) is 0 Å². The maximum atomic E-state index is 4.90. The van der Waals surface area contributed by atoms with Gasteiger partial charge < -0.3 is 4.90 Å². The van der Waals surface area contributed by atoms with E-state index in [9.17, 15) is 0 Å². The van der Waals surface area contributed by atoms with Crippen LogP contribution in [-0.2, 0) is 6.42 Å². The summed E-state index contributed by atoms with van der Waals surface area (Å²) in [5.41, 5.74) is 0. The van der Waals surface area contributed by atoms with Crippen molar-refractivity contribution in [3.05, 3.63) is 16.8 Å². The first-order valence-corrected chi connectivity index (χ1v) is 10.3. The zero-order chi connectivity index (χ0) is 16.5. The number of fused-ring (bicyclic) bond motifs is 1. The van der Waals surface area contributed by atoms with Crippen LogP contribution in [-0.4, -0.2) is 47.1 Å². The van der Waals surface area contributed by atoms with Crippen LogP contribution in [0.1, 0.15) is 49.7 Å². The highest BCUT2D eigenvalue weighted by atomic mass is 32.1. The maximum absolute atomic E-state index is 4.90. The van der Waals surface area contributed by atoms with Crippen molar-refractivity contribution < 1.29 is 0 Å². The molecule has 1 aliphatic heterocycles. The van der Waals surface area contributed by atoms with E-state index in [-0.39, 0.29) is 0 Å². The zero-order valence-corrected chi connectivity index (χ0v) is 15.7. The second kappa shape index (κ2) is 6.96. The lowest BCUT2D eigenvalue weighted by atomic mass is 9.94. The number of nitrogens with zero attached hydrogens (tertiary/aromatic N) is 4. The van der Waals surface area contributed by atoms with Crippen LogP contribution in [0.2, 0.25) is 0 Å². The van der Waals surface area contributed by atoms with Crippen molar-refractivity contribution in [2.24, 2.45) is 0 Å². The molecule has 0 radical (unpaired) electrons. The van der Waals surface area contributed by atoms with Crippen LogP contribution in [0.4, 0.5) is 5.82 Å². The van der Waals surface area contributed by atoms with Gasteiger partial charge in [0.05, 0.1) is 5.39 Å². The fourth-order valence-electron chi connectivity index (χ4n) is 4.21. The van der Waals surface area contributed by atoms with Crippen LogP contribution in [0.5, 0.6) is 0 Å². The molecule has 4 nitrogen and oxygen atoms in total. The van der Waals surface area contributed by atoms with Gasteiger partial charge in [-0.25, -0.2) is 9.97 Å². The molecule has 1 saturated heterocycles. The van der Waals surface area contributed by atoms with Crippen LogP contribution in [0.3, 0.4) is 0 Å². The first-order valence-electron chi connectivity index (χ1n) is 9.50. The SMILES string of the molecule is CCc1nc(N2CCN(C3CCCCC3)CC2)c2cc(C)sc2n1. The van der Waals surface area contributed by atoms with E-state index >= 15 is 0 Å². The van der Waals surface area contributed by atoms with Gasteiger partial charge in [0.2, 0.25) is 0 Å². The number of aryl methyl sites for hydroxylation is 2. The molecule has 2 aromatic heterocycles. The molecule has 4 rings (SSSR count). The van der Waals surface area contributed by atoms with Crippen molar-refractivity contribution >= 4 is 27.4 Å². The van der Waals surface area contributed by atoms with Gasteiger partial charge in [-0.05, 0) is 25.8 Å². The minimum atomic E-state index is 0.834. The fraction of sp³-hybridized carbons (Fsp3) is 0.684. The monoisotopic (exact) mass is 344 g/mol. The third kappa shape index (κ3) is 3.16. The summed E-state index contributed by atoms with van der Waals surface area (Å²) in [7, 11) is 0. The number of hydrogen-bond donors (Lipinski definition) is 0. The molecule has 0 amide bonds. The van der Waals surface area contributed by atoms with Crippen molar-refractivity contribution in [2.75, 3.05) is 31.1 Å². The largest absolute Gasteiger partial charge is 0.353 e. The van der Waals surface area contributed by atoms with Gasteiger partial charge in [0.25, 0.3) is 0 Å². The maximum Gasteiger partial charge on any atom is 0.141 e. The second-order valence-corrected chi connectivity index (χ2v) is 8.44. The lowest BCUT2D eigenvalue weighted by molar-refractivity contribution is 0.148. The average Bonchev–Trinajstić information content (AvgIpc) is 3.02. The number of anilines is 1. The third-order valence-corrected chi connectivity index (χ3v) is 6.51. The highest BCUT2D eigenvalue weighted by Gasteiger charge is 2.26. The van der Waals surface area contributed by atoms with Gasteiger partial charge in [-0.3, -0.25) is 4.90 Å². The van der Waals surface area contributed by atoms with Crippen molar-refractivity contribution in [3.8, 4) is 0 Å². The lowest BCUT2D eigenvalue weighted by Crippen LogP contribution is -2.51. The molecule has 1 saturated carbocycles. The summed E-state index contributed by atoms with van der Waals surface area (Å²) in [6, 6.07) is 3.10. The zero-order valence-electron chi connectivity index (χ0n) is 14.9. The predicted molar refractivity (Wildman–Crippen MR) is 102 cm³/mol. The first kappa shape index (κ1) is 16.3. The first-order chi connectivity index (χ1) is 11.7. The Hall–Kier alpha value is -1.20. The molecule has 0 atom stereocenters. The number of piperazine rings is 1. The summed E-state index contributed by atoms with van der Waals surface area (Å²) in [5.74, 6) is 2.15. The van der Waals surface area contributed by atoms with Gasteiger partial charge in [0.1, 0.15) is 16.5 Å². The van der Waals surface area contributed by atoms with Crippen molar-refractivity contribution in [1.29, 1.82) is 0 Å². The molecule has 24 heavy (non-hydrogen) atoms. The summed E-state index contributed by atoms with van der Waals surface area (Å²) in [6.45, 7) is 8.87. The Kier molecular flexibility index (Phi) is 4.72. The minimum Gasteiger partial charge on any atom is -0.353 e. The quantitative estimate of drug-likeness (QED) is 0.842. The van der Waals surface area contributed by atoms with Gasteiger partial charge in [-0.1, -0.05) is 26.2 Å². The van der Waals surface area contributed by atoms with Gasteiger partial charge in [0, 0.05) is 43.5 Å². The molecule has 2 fully saturated rings. The van der Waals surface area contributed by atoms with Crippen LogP contribution in [0.15, 0.2) is 6.07 Å². The van der Waals surface area contributed by atoms with Gasteiger partial charge in [-0.2, -0.15) is 0 Å². The molecule has 0 aromatic carbocycles. The van der Waals surface area contributed by atoms with Gasteiger partial charge >= 0.3 is 0 Å². The summed E-state index contributed by atoms with van der Waals surface area (Å²) >= 11 is 1.79. The Morgan fingerprint density at radius 3 is 2.54 bits per heavy atom. The Labute approximate surface area is 148 Å². The molecular weight excluding hydrogens is 316 g/mol. The van der Waals surface area contributed by atoms with Crippen LogP contribution < -0.4 is 4.90 Å². The van der Waals surface area contributed by atoms with Crippen LogP contribution in [0, 0.1) is 6.92 Å². The summed E-state index contributed by atoms with van der Waals surface area (Å²) in [4.78, 5) is 17.3. The van der Waals surface area contributed by atoms with Gasteiger partial charge in [0.15, 0.2) is 0 Å². The van der Waals surface area contributed by atoms with Gasteiger partial charge in [-0.15, -0.1) is 11.3 Å². The molecule has 2 aliphatic rings. The minimum absolute atomic E-state index is 0.834. The molecule has 0 unspecified atom stereocenters. The predicted octanol–water partition coefficient (Wildman–Crippen LogP) is 4.02. The number of hydrogen-bond acceptors (Lipinski definition) is 5. The van der Waals surface area contributed by atoms with E-state index < -0.39 is 0 Å². The number of aromatic nitrogens is 2. The number of rotatable bonds is 3. The van der Waals surface area contributed by atoms with E-state index in [2.05, 4.69) is 29.7 Å². The molecular formula is C19H28N4S. The van der Waals surface area contributed by atoms with Crippen LogP contribution in [0.25, 0.3) is 10.2 Å². The highest BCUT2D eigenvalue weighted by Crippen LogP contribution is 2.32. The molecule has 0 bridgehead atoms. The molecule has 130 valence electrons. The number of thiophene rings is 1. The summed E-state index contributed by atoms with van der Waals surface area (Å²) in [5, 5.41) is 1.25. The van der Waals surface area contributed by atoms with E-state index in [1.165, 1.54) is 61.3 Å². The molecule has 0 N–H and O–H groups in total. The summed E-state index contributed by atoms with van der Waals surface area (Å²) in [6.07, 6.45) is 7.99. The van der Waals surface area contributed by atoms with E-state index in [1.54, 1.807) is 11.3 Å². The molecule has 2 aromatic rings. The topological polar surface area (TPSA) is 32.3 Å². The van der Waals surface area contributed by atoms with E-state index in [0.717, 1.165) is 36.2 Å². The third-order valence-electron chi connectivity index (χ3n) is 5.56. The average molecular weight is 345 g/mol. The Bertz CT molecular complexity index is 697. The molecule has 0 spiro atoms. The van der Waals surface area contributed by atoms with Crippen molar-refractivity contribution in [2.45, 2.75) is 58.4 Å². The smallest absolute Gasteiger partial charge is 0.141 e. The Balaban J connectivity index is 1.53. The molecule has 3 heterocycles. The van der Waals surface area contributed by atoms with E-state index in [4.69, 9.17) is 9.97 Å². The molecule has 1 aliphatic carbocycles. The van der Waals surface area contributed by atoms with E-state index in [0.29, 0.717) is 0 Å². The van der Waals surface area contributed by atoms with E-state index in [1.807, 2.05) is 0 Å². The van der Waals surface area contributed by atoms with Crippen molar-refractivity contribution in [1.82, 2.24) is 14.9 Å². The Morgan fingerprint density at radius 1 is 1.08 bits per heavy atom. The normalized spacial score (nSPS) is 20.8. The standard InChI is InChI=1S/C19H28N4S/c1-3-17-20-18(16-13-14(2)24-19(16)21-17)23-11-9-22(10-12-23)15-7-5-4-6-8-15/h13,15H,3-12H2,1-2H3. The molecule has 5 heteroatoms. The Morgan fingerprint density at radius 2 is 1.83 bits per heavy atom.